The van der Waals surface area contributed by atoms with Crippen molar-refractivity contribution < 1.29 is 18.0 Å². The van der Waals surface area contributed by atoms with E-state index >= 15 is 0 Å². The molecular weight excluding hydrogens is 433 g/mol. The van der Waals surface area contributed by atoms with Crippen molar-refractivity contribution in [2.24, 2.45) is 0 Å². The normalized spacial score (nSPS) is 11.3. The van der Waals surface area contributed by atoms with Gasteiger partial charge in [0.2, 0.25) is 0 Å². The highest BCUT2D eigenvalue weighted by atomic mass is 19.4. The third-order valence-corrected chi connectivity index (χ3v) is 4.78. The molecule has 0 spiro atoms. The van der Waals surface area contributed by atoms with Crippen LogP contribution in [0.1, 0.15) is 27.3 Å². The van der Waals surface area contributed by atoms with Crippen molar-refractivity contribution in [2.75, 3.05) is 0 Å². The van der Waals surface area contributed by atoms with Gasteiger partial charge < -0.3 is 5.32 Å². The molecule has 0 aliphatic rings. The molecule has 4 aromatic rings. The van der Waals surface area contributed by atoms with E-state index in [1.165, 1.54) is 12.3 Å². The maximum Gasteiger partial charge on any atom is 0.433 e. The fourth-order valence-electron chi connectivity index (χ4n) is 3.11. The van der Waals surface area contributed by atoms with Gasteiger partial charge in [-0.15, -0.1) is 0 Å². The lowest BCUT2D eigenvalue weighted by atomic mass is 10.1. The average Bonchev–Trinajstić information content (AvgIpc) is 2.83. The number of nitrogens with one attached hydrogen (secondary N) is 1. The second kappa shape index (κ2) is 9.11. The summed E-state index contributed by atoms with van der Waals surface area (Å²) in [5, 5.41) is 2.78. The van der Waals surface area contributed by atoms with Crippen LogP contribution < -0.4 is 5.32 Å². The maximum absolute atomic E-state index is 12.9. The number of pyridine rings is 3. The zero-order valence-electron chi connectivity index (χ0n) is 17.3. The molecule has 0 saturated heterocycles. The van der Waals surface area contributed by atoms with E-state index in [1.807, 2.05) is 6.07 Å². The van der Waals surface area contributed by atoms with E-state index in [0.29, 0.717) is 28.1 Å². The monoisotopic (exact) mass is 450 g/mol. The highest BCUT2D eigenvalue weighted by Crippen LogP contribution is 2.30. The molecule has 7 nitrogen and oxygen atoms in total. The van der Waals surface area contributed by atoms with Crippen LogP contribution >= 0.6 is 0 Å². The van der Waals surface area contributed by atoms with Gasteiger partial charge >= 0.3 is 6.18 Å². The third-order valence-electron chi connectivity index (χ3n) is 4.78. The van der Waals surface area contributed by atoms with Gasteiger partial charge in [-0.1, -0.05) is 6.07 Å². The number of rotatable bonds is 5. The van der Waals surface area contributed by atoms with Gasteiger partial charge in [0, 0.05) is 48.7 Å². The average molecular weight is 450 g/mol. The summed E-state index contributed by atoms with van der Waals surface area (Å²) in [7, 11) is 0. The number of carbonyl (C=O) groups is 1. The number of hydrogen-bond donors (Lipinski definition) is 1. The molecule has 10 heteroatoms. The molecule has 1 amide bonds. The summed E-state index contributed by atoms with van der Waals surface area (Å²) < 4.78 is 38.6. The molecule has 166 valence electrons. The quantitative estimate of drug-likeness (QED) is 0.489. The van der Waals surface area contributed by atoms with Gasteiger partial charge in [-0.25, -0.2) is 0 Å². The van der Waals surface area contributed by atoms with E-state index in [2.05, 4.69) is 30.2 Å². The molecule has 0 aliphatic carbocycles. The standard InChI is InChI=1S/C23H17F3N6O/c1-14-8-17(19-13-27-6-7-28-19)12-31-21(14)22(33)32-11-15-2-3-18(30-10-15)16-4-5-29-20(9-16)23(24,25)26/h2-10,12-13H,11H2,1H3,(H,32,33). The summed E-state index contributed by atoms with van der Waals surface area (Å²) in [5.41, 5.74) is 2.75. The predicted molar refractivity (Wildman–Crippen MR) is 114 cm³/mol. The highest BCUT2D eigenvalue weighted by Gasteiger charge is 2.32. The van der Waals surface area contributed by atoms with Gasteiger partial charge in [0.25, 0.3) is 5.91 Å². The van der Waals surface area contributed by atoms with E-state index in [0.717, 1.165) is 17.8 Å². The van der Waals surface area contributed by atoms with Crippen LogP contribution in [0.15, 0.2) is 67.5 Å². The van der Waals surface area contributed by atoms with E-state index in [9.17, 15) is 18.0 Å². The lowest BCUT2D eigenvalue weighted by Gasteiger charge is -2.10. The summed E-state index contributed by atoms with van der Waals surface area (Å²) in [6.45, 7) is 1.96. The lowest BCUT2D eigenvalue weighted by Crippen LogP contribution is -2.24. The minimum Gasteiger partial charge on any atom is -0.347 e. The number of carbonyl (C=O) groups excluding carboxylic acids is 1. The first-order valence-corrected chi connectivity index (χ1v) is 9.81. The Morgan fingerprint density at radius 1 is 0.879 bits per heavy atom. The molecule has 0 fully saturated rings. The number of nitrogens with zero attached hydrogens (tertiary/aromatic N) is 5. The van der Waals surface area contributed by atoms with Crippen molar-refractivity contribution in [3.8, 4) is 22.5 Å². The van der Waals surface area contributed by atoms with Crippen LogP contribution in [0.4, 0.5) is 13.2 Å². The largest absolute Gasteiger partial charge is 0.433 e. The van der Waals surface area contributed by atoms with E-state index in [4.69, 9.17) is 0 Å². The first kappa shape index (κ1) is 22.0. The predicted octanol–water partition coefficient (Wildman–Crippen LogP) is 4.25. The molecule has 0 aliphatic heterocycles. The first-order chi connectivity index (χ1) is 15.8. The molecule has 33 heavy (non-hydrogen) atoms. The second-order valence-corrected chi connectivity index (χ2v) is 7.14. The molecule has 0 unspecified atom stereocenters. The fraction of sp³-hybridized carbons (Fsp3) is 0.130. The van der Waals surface area contributed by atoms with Gasteiger partial charge in [-0.2, -0.15) is 13.2 Å². The van der Waals surface area contributed by atoms with Crippen molar-refractivity contribution in [1.82, 2.24) is 30.2 Å². The molecule has 0 radical (unpaired) electrons. The van der Waals surface area contributed by atoms with Crippen molar-refractivity contribution in [3.05, 3.63) is 90.0 Å². The summed E-state index contributed by atoms with van der Waals surface area (Å²) in [5.74, 6) is -0.355. The molecular formula is C23H17F3N6O. The number of aryl methyl sites for hydroxylation is 1. The fourth-order valence-corrected chi connectivity index (χ4v) is 3.11. The Kier molecular flexibility index (Phi) is 6.07. The van der Waals surface area contributed by atoms with Crippen LogP contribution in [0.25, 0.3) is 22.5 Å². The van der Waals surface area contributed by atoms with Gasteiger partial charge in [-0.05, 0) is 42.3 Å². The first-order valence-electron chi connectivity index (χ1n) is 9.81. The zero-order valence-corrected chi connectivity index (χ0v) is 17.3. The maximum atomic E-state index is 12.9. The van der Waals surface area contributed by atoms with Crippen LogP contribution in [-0.2, 0) is 12.7 Å². The topological polar surface area (TPSA) is 93.5 Å². The van der Waals surface area contributed by atoms with Crippen LogP contribution in [0, 0.1) is 6.92 Å². The molecule has 0 bridgehead atoms. The van der Waals surface area contributed by atoms with Crippen molar-refractivity contribution in [2.45, 2.75) is 19.6 Å². The number of alkyl halides is 3. The second-order valence-electron chi connectivity index (χ2n) is 7.14. The minimum absolute atomic E-state index is 0.184. The van der Waals surface area contributed by atoms with E-state index < -0.39 is 11.9 Å². The Hall–Kier alpha value is -4.21. The Labute approximate surface area is 186 Å². The Morgan fingerprint density at radius 3 is 2.39 bits per heavy atom. The molecule has 0 saturated carbocycles. The number of halogens is 3. The third kappa shape index (κ3) is 5.17. The van der Waals surface area contributed by atoms with E-state index in [-0.39, 0.29) is 18.1 Å². The van der Waals surface area contributed by atoms with Gasteiger partial charge in [0.1, 0.15) is 11.4 Å². The Balaban J connectivity index is 1.42. The van der Waals surface area contributed by atoms with Gasteiger partial charge in [0.05, 0.1) is 17.6 Å². The highest BCUT2D eigenvalue weighted by molar-refractivity contribution is 5.94. The molecule has 4 heterocycles. The minimum atomic E-state index is -4.53. The van der Waals surface area contributed by atoms with Gasteiger partial charge in [-0.3, -0.25) is 29.7 Å². The lowest BCUT2D eigenvalue weighted by molar-refractivity contribution is -0.141. The van der Waals surface area contributed by atoms with Crippen molar-refractivity contribution in [1.29, 1.82) is 0 Å². The zero-order chi connectivity index (χ0) is 23.4. The number of aromatic nitrogens is 5. The van der Waals surface area contributed by atoms with Crippen LogP contribution in [0.5, 0.6) is 0 Å². The van der Waals surface area contributed by atoms with Crippen LogP contribution in [0.3, 0.4) is 0 Å². The smallest absolute Gasteiger partial charge is 0.347 e. The SMILES string of the molecule is Cc1cc(-c2cnccn2)cnc1C(=O)NCc1ccc(-c2ccnc(C(F)(F)F)c2)nc1. The Morgan fingerprint density at radius 2 is 1.73 bits per heavy atom. The molecule has 4 aromatic heterocycles. The van der Waals surface area contributed by atoms with Gasteiger partial charge in [0.15, 0.2) is 0 Å². The van der Waals surface area contributed by atoms with Crippen LogP contribution in [-0.4, -0.2) is 30.8 Å². The summed E-state index contributed by atoms with van der Waals surface area (Å²) >= 11 is 0. The Bertz CT molecular complexity index is 1280. The summed E-state index contributed by atoms with van der Waals surface area (Å²) in [6.07, 6.45) is 4.39. The molecule has 4 rings (SSSR count). The molecule has 1 N–H and O–H groups in total. The summed E-state index contributed by atoms with van der Waals surface area (Å²) in [6, 6.07) is 7.50. The number of amides is 1. The molecule has 0 aromatic carbocycles. The number of hydrogen-bond acceptors (Lipinski definition) is 6. The molecule has 0 atom stereocenters. The van der Waals surface area contributed by atoms with E-state index in [1.54, 1.807) is 43.8 Å². The van der Waals surface area contributed by atoms with Crippen molar-refractivity contribution >= 4 is 5.91 Å². The van der Waals surface area contributed by atoms with Crippen LogP contribution in [0.2, 0.25) is 0 Å². The van der Waals surface area contributed by atoms with Crippen molar-refractivity contribution in [3.63, 3.8) is 0 Å². The summed E-state index contributed by atoms with van der Waals surface area (Å²) in [4.78, 5) is 32.6.